The van der Waals surface area contributed by atoms with Gasteiger partial charge in [-0.3, -0.25) is 0 Å². The fraction of sp³-hybridized carbons (Fsp3) is 0.364. The molecule has 0 amide bonds. The monoisotopic (exact) mass is 210 g/mol. The van der Waals surface area contributed by atoms with Crippen molar-refractivity contribution >= 4 is 5.97 Å². The van der Waals surface area contributed by atoms with Crippen LogP contribution in [-0.4, -0.2) is 26.3 Å². The third-order valence-electron chi connectivity index (χ3n) is 1.72. The molecule has 0 aromatic heterocycles. The highest BCUT2D eigenvalue weighted by Crippen LogP contribution is 2.17. The molecule has 0 radical (unpaired) electrons. The lowest BCUT2D eigenvalue weighted by Crippen LogP contribution is -2.12. The molecule has 4 nitrogen and oxygen atoms in total. The highest BCUT2D eigenvalue weighted by Gasteiger charge is 2.01. The third kappa shape index (κ3) is 3.89. The van der Waals surface area contributed by atoms with Crippen LogP contribution >= 0.6 is 0 Å². The molecule has 0 N–H and O–H groups in total. The summed E-state index contributed by atoms with van der Waals surface area (Å²) in [7, 11) is 1.32. The number of rotatable bonds is 5. The van der Waals surface area contributed by atoms with Crippen LogP contribution in [0.25, 0.3) is 0 Å². The molecule has 82 valence electrons. The van der Waals surface area contributed by atoms with Gasteiger partial charge in [0.1, 0.15) is 11.5 Å². The topological polar surface area (TPSA) is 44.8 Å². The van der Waals surface area contributed by atoms with Gasteiger partial charge in [-0.1, -0.05) is 0 Å². The van der Waals surface area contributed by atoms with E-state index >= 15 is 0 Å². The van der Waals surface area contributed by atoms with Crippen LogP contribution in [0.5, 0.6) is 11.5 Å². The highest BCUT2D eigenvalue weighted by molar-refractivity contribution is 5.70. The summed E-state index contributed by atoms with van der Waals surface area (Å²) in [6.45, 7) is 2.47. The van der Waals surface area contributed by atoms with Crippen LogP contribution in [-0.2, 0) is 9.53 Å². The molecule has 0 unspecified atom stereocenters. The van der Waals surface area contributed by atoms with Gasteiger partial charge < -0.3 is 14.2 Å². The van der Waals surface area contributed by atoms with Crippen molar-refractivity contribution in [1.29, 1.82) is 0 Å². The largest absolute Gasteiger partial charge is 0.494 e. The molecule has 4 heteroatoms. The molecule has 1 aromatic rings. The number of benzene rings is 1. The Balaban J connectivity index is 2.45. The molecule has 1 aromatic carbocycles. The maximum Gasteiger partial charge on any atom is 0.343 e. The van der Waals surface area contributed by atoms with Gasteiger partial charge in [0.05, 0.1) is 13.7 Å². The molecule has 0 spiro atoms. The van der Waals surface area contributed by atoms with Crippen LogP contribution < -0.4 is 9.47 Å². The Kier molecular flexibility index (Phi) is 4.47. The zero-order valence-electron chi connectivity index (χ0n) is 8.86. The standard InChI is InChI=1S/C11H14O4/c1-3-14-9-4-6-10(7-5-9)15-8-11(12)13-2/h4-7H,3,8H2,1-2H3. The third-order valence-corrected chi connectivity index (χ3v) is 1.72. The van der Waals surface area contributed by atoms with Crippen LogP contribution in [0, 0.1) is 0 Å². The molecule has 0 aliphatic carbocycles. The van der Waals surface area contributed by atoms with E-state index in [4.69, 9.17) is 9.47 Å². The molecular weight excluding hydrogens is 196 g/mol. The summed E-state index contributed by atoms with van der Waals surface area (Å²) in [6.07, 6.45) is 0. The quantitative estimate of drug-likeness (QED) is 0.693. The summed E-state index contributed by atoms with van der Waals surface area (Å²) in [5, 5.41) is 0. The summed E-state index contributed by atoms with van der Waals surface area (Å²) in [6, 6.07) is 7.06. The fourth-order valence-corrected chi connectivity index (χ4v) is 1.000. The molecular formula is C11H14O4. The molecule has 1 rings (SSSR count). The van der Waals surface area contributed by atoms with Gasteiger partial charge in [0.2, 0.25) is 0 Å². The van der Waals surface area contributed by atoms with Crippen molar-refractivity contribution in [3.63, 3.8) is 0 Å². The second-order valence-corrected chi connectivity index (χ2v) is 2.77. The number of methoxy groups -OCH3 is 1. The maximum atomic E-state index is 10.8. The van der Waals surface area contributed by atoms with Gasteiger partial charge in [-0.05, 0) is 31.2 Å². The Morgan fingerprint density at radius 3 is 2.13 bits per heavy atom. The average molecular weight is 210 g/mol. The number of hydrogen-bond acceptors (Lipinski definition) is 4. The second-order valence-electron chi connectivity index (χ2n) is 2.77. The Hall–Kier alpha value is -1.71. The van der Waals surface area contributed by atoms with E-state index in [-0.39, 0.29) is 6.61 Å². The minimum atomic E-state index is -0.399. The summed E-state index contributed by atoms with van der Waals surface area (Å²) in [4.78, 5) is 10.8. The maximum absolute atomic E-state index is 10.8. The summed E-state index contributed by atoms with van der Waals surface area (Å²) < 4.78 is 14.9. The van der Waals surface area contributed by atoms with E-state index in [1.54, 1.807) is 24.3 Å². The van der Waals surface area contributed by atoms with Crippen molar-refractivity contribution in [2.24, 2.45) is 0 Å². The molecule has 0 saturated heterocycles. The zero-order valence-corrected chi connectivity index (χ0v) is 8.86. The summed E-state index contributed by atoms with van der Waals surface area (Å²) >= 11 is 0. The van der Waals surface area contributed by atoms with Gasteiger partial charge in [0.25, 0.3) is 0 Å². The van der Waals surface area contributed by atoms with Gasteiger partial charge >= 0.3 is 5.97 Å². The Morgan fingerprint density at radius 2 is 1.67 bits per heavy atom. The summed E-state index contributed by atoms with van der Waals surface area (Å²) in [5.74, 6) is 0.996. The molecule has 0 heterocycles. The molecule has 0 aliphatic heterocycles. The first-order chi connectivity index (χ1) is 7.26. The molecule has 0 aliphatic rings. The molecule has 0 bridgehead atoms. The minimum Gasteiger partial charge on any atom is -0.494 e. The Bertz CT molecular complexity index is 305. The van der Waals surface area contributed by atoms with E-state index in [9.17, 15) is 4.79 Å². The van der Waals surface area contributed by atoms with Gasteiger partial charge in [0.15, 0.2) is 6.61 Å². The molecule has 0 fully saturated rings. The first-order valence-electron chi connectivity index (χ1n) is 4.68. The van der Waals surface area contributed by atoms with Gasteiger partial charge in [-0.25, -0.2) is 4.79 Å². The highest BCUT2D eigenvalue weighted by atomic mass is 16.6. The van der Waals surface area contributed by atoms with Crippen LogP contribution in [0.2, 0.25) is 0 Å². The predicted octanol–water partition coefficient (Wildman–Crippen LogP) is 1.64. The Morgan fingerprint density at radius 1 is 1.13 bits per heavy atom. The van der Waals surface area contributed by atoms with Crippen LogP contribution in [0.3, 0.4) is 0 Å². The second kappa shape index (κ2) is 5.90. The van der Waals surface area contributed by atoms with Crippen molar-refractivity contribution in [1.82, 2.24) is 0 Å². The number of carbonyl (C=O) groups excluding carboxylic acids is 1. The van der Waals surface area contributed by atoms with E-state index in [0.29, 0.717) is 12.4 Å². The Labute approximate surface area is 88.8 Å². The number of hydrogen-bond donors (Lipinski definition) is 0. The van der Waals surface area contributed by atoms with Crippen molar-refractivity contribution in [2.45, 2.75) is 6.92 Å². The van der Waals surface area contributed by atoms with E-state index in [1.165, 1.54) is 7.11 Å². The number of carbonyl (C=O) groups is 1. The normalized spacial score (nSPS) is 9.47. The fourth-order valence-electron chi connectivity index (χ4n) is 1.000. The lowest BCUT2D eigenvalue weighted by Gasteiger charge is -2.06. The predicted molar refractivity (Wildman–Crippen MR) is 55.1 cm³/mol. The number of ether oxygens (including phenoxy) is 3. The smallest absolute Gasteiger partial charge is 0.343 e. The van der Waals surface area contributed by atoms with Crippen LogP contribution in [0.1, 0.15) is 6.92 Å². The number of esters is 1. The van der Waals surface area contributed by atoms with Crippen LogP contribution in [0.4, 0.5) is 0 Å². The van der Waals surface area contributed by atoms with Crippen molar-refractivity contribution in [3.05, 3.63) is 24.3 Å². The molecule has 15 heavy (non-hydrogen) atoms. The van der Waals surface area contributed by atoms with E-state index in [0.717, 1.165) is 5.75 Å². The van der Waals surface area contributed by atoms with Crippen molar-refractivity contribution in [3.8, 4) is 11.5 Å². The van der Waals surface area contributed by atoms with Gasteiger partial charge in [-0.15, -0.1) is 0 Å². The van der Waals surface area contributed by atoms with Crippen LogP contribution in [0.15, 0.2) is 24.3 Å². The van der Waals surface area contributed by atoms with Crippen molar-refractivity contribution < 1.29 is 19.0 Å². The molecule has 0 atom stereocenters. The van der Waals surface area contributed by atoms with Gasteiger partial charge in [0, 0.05) is 0 Å². The molecule has 0 saturated carbocycles. The summed E-state index contributed by atoms with van der Waals surface area (Å²) in [5.41, 5.74) is 0. The lowest BCUT2D eigenvalue weighted by molar-refractivity contribution is -0.142. The first kappa shape index (κ1) is 11.4. The zero-order chi connectivity index (χ0) is 11.1. The SMILES string of the molecule is CCOc1ccc(OCC(=O)OC)cc1. The van der Waals surface area contributed by atoms with E-state index in [1.807, 2.05) is 6.92 Å². The van der Waals surface area contributed by atoms with Crippen molar-refractivity contribution in [2.75, 3.05) is 20.3 Å². The average Bonchev–Trinajstić information content (AvgIpc) is 2.28. The first-order valence-corrected chi connectivity index (χ1v) is 4.68. The lowest BCUT2D eigenvalue weighted by atomic mass is 10.3. The minimum absolute atomic E-state index is 0.0789. The van der Waals surface area contributed by atoms with E-state index < -0.39 is 5.97 Å². The van der Waals surface area contributed by atoms with Gasteiger partial charge in [-0.2, -0.15) is 0 Å². The van der Waals surface area contributed by atoms with E-state index in [2.05, 4.69) is 4.74 Å².